The van der Waals surface area contributed by atoms with Crippen LogP contribution in [0.25, 0.3) is 0 Å². The van der Waals surface area contributed by atoms with E-state index in [2.05, 4.69) is 5.32 Å². The van der Waals surface area contributed by atoms with Crippen molar-refractivity contribution in [3.8, 4) is 0 Å². The van der Waals surface area contributed by atoms with Crippen molar-refractivity contribution in [1.29, 1.82) is 0 Å². The second-order valence-electron chi connectivity index (χ2n) is 9.21. The molecule has 3 aromatic rings. The molecule has 0 aromatic heterocycles. The monoisotopic (exact) mass is 521 g/mol. The highest BCUT2D eigenvalue weighted by Gasteiger charge is 2.34. The zero-order valence-corrected chi connectivity index (χ0v) is 22.6. The molecular weight excluding hydrogens is 486 g/mol. The molecule has 0 fully saturated rings. The lowest BCUT2D eigenvalue weighted by atomic mass is 10.1. The van der Waals surface area contributed by atoms with Crippen LogP contribution in [0, 0.1) is 6.92 Å². The molecule has 0 spiro atoms. The average Bonchev–Trinajstić information content (AvgIpc) is 2.88. The number of sulfonamides is 1. The summed E-state index contributed by atoms with van der Waals surface area (Å²) in [5.41, 5.74) is 1.98. The fraction of sp³-hybridized carbons (Fsp3) is 0.310. The van der Waals surface area contributed by atoms with E-state index >= 15 is 0 Å². The molecule has 196 valence electrons. The molecule has 0 heterocycles. The Morgan fingerprint density at radius 1 is 0.865 bits per heavy atom. The Kier molecular flexibility index (Phi) is 9.47. The summed E-state index contributed by atoms with van der Waals surface area (Å²) in [5, 5.41) is 2.90. The van der Waals surface area contributed by atoms with Crippen LogP contribution >= 0.6 is 0 Å². The highest BCUT2D eigenvalue weighted by molar-refractivity contribution is 7.92. The maximum atomic E-state index is 14.0. The van der Waals surface area contributed by atoms with E-state index in [9.17, 15) is 18.0 Å². The number of nitrogens with one attached hydrogen (secondary N) is 1. The van der Waals surface area contributed by atoms with E-state index in [1.54, 1.807) is 43.3 Å². The minimum absolute atomic E-state index is 0.0882. The quantitative estimate of drug-likeness (QED) is 0.402. The second kappa shape index (κ2) is 12.5. The number of hydrogen-bond donors (Lipinski definition) is 1. The third-order valence-corrected chi connectivity index (χ3v) is 7.78. The van der Waals surface area contributed by atoms with Crippen LogP contribution in [-0.2, 0) is 26.2 Å². The van der Waals surface area contributed by atoms with Crippen molar-refractivity contribution in [2.24, 2.45) is 0 Å². The minimum atomic E-state index is -4.06. The van der Waals surface area contributed by atoms with Crippen LogP contribution in [0.3, 0.4) is 0 Å². The number of nitrogens with zero attached hydrogens (tertiary/aromatic N) is 2. The smallest absolute Gasteiger partial charge is 0.264 e. The zero-order valence-electron chi connectivity index (χ0n) is 21.8. The number of hydrogen-bond acceptors (Lipinski definition) is 4. The number of benzene rings is 3. The first-order valence-electron chi connectivity index (χ1n) is 12.4. The number of rotatable bonds is 11. The number of para-hydroxylation sites is 1. The first-order valence-corrected chi connectivity index (χ1v) is 13.9. The molecule has 1 N–H and O–H groups in total. The Balaban J connectivity index is 2.05. The minimum Gasteiger partial charge on any atom is -0.352 e. The summed E-state index contributed by atoms with van der Waals surface area (Å²) in [4.78, 5) is 28.6. The summed E-state index contributed by atoms with van der Waals surface area (Å²) in [7, 11) is -4.06. The molecule has 0 saturated carbocycles. The Bertz CT molecular complexity index is 1290. The zero-order chi connectivity index (χ0) is 27.0. The number of anilines is 1. The summed E-state index contributed by atoms with van der Waals surface area (Å²) < 4.78 is 28.7. The predicted octanol–water partition coefficient (Wildman–Crippen LogP) is 4.52. The first-order chi connectivity index (χ1) is 17.6. The van der Waals surface area contributed by atoms with Gasteiger partial charge in [-0.25, -0.2) is 8.42 Å². The second-order valence-corrected chi connectivity index (χ2v) is 11.1. The standard InChI is InChI=1S/C29H35N3O4S/c1-5-26(29(34)30-22(2)3)31(20-24-15-8-6-9-16-24)28(33)21-32(27-19-13-12-14-23(27)4)37(35,36)25-17-10-7-11-18-25/h6-19,22,26H,5,20-21H2,1-4H3,(H,30,34)/t26-/m0/s1. The van der Waals surface area contributed by atoms with Crippen LogP contribution in [0.1, 0.15) is 38.3 Å². The van der Waals surface area contributed by atoms with Gasteiger partial charge in [0.05, 0.1) is 10.6 Å². The molecule has 0 aliphatic carbocycles. The molecule has 0 saturated heterocycles. The van der Waals surface area contributed by atoms with Gasteiger partial charge in [0.25, 0.3) is 10.0 Å². The van der Waals surface area contributed by atoms with Gasteiger partial charge in [0.2, 0.25) is 11.8 Å². The van der Waals surface area contributed by atoms with Gasteiger partial charge in [-0.3, -0.25) is 13.9 Å². The van der Waals surface area contributed by atoms with E-state index in [1.165, 1.54) is 17.0 Å². The van der Waals surface area contributed by atoms with Gasteiger partial charge < -0.3 is 10.2 Å². The van der Waals surface area contributed by atoms with Crippen LogP contribution in [0.15, 0.2) is 89.8 Å². The molecule has 0 aliphatic heterocycles. The molecular formula is C29H35N3O4S. The summed E-state index contributed by atoms with van der Waals surface area (Å²) in [5.74, 6) is -0.729. The van der Waals surface area contributed by atoms with Crippen LogP contribution < -0.4 is 9.62 Å². The third kappa shape index (κ3) is 6.98. The lowest BCUT2D eigenvalue weighted by Crippen LogP contribution is -2.53. The highest BCUT2D eigenvalue weighted by Crippen LogP contribution is 2.27. The van der Waals surface area contributed by atoms with Gasteiger partial charge in [-0.15, -0.1) is 0 Å². The third-order valence-electron chi connectivity index (χ3n) is 6.01. The largest absolute Gasteiger partial charge is 0.352 e. The molecule has 7 nitrogen and oxygen atoms in total. The molecule has 3 rings (SSSR count). The van der Waals surface area contributed by atoms with E-state index in [0.717, 1.165) is 9.87 Å². The number of carbonyl (C=O) groups excluding carboxylic acids is 2. The van der Waals surface area contributed by atoms with Gasteiger partial charge in [0.15, 0.2) is 0 Å². The predicted molar refractivity (Wildman–Crippen MR) is 147 cm³/mol. The van der Waals surface area contributed by atoms with Crippen molar-refractivity contribution in [3.63, 3.8) is 0 Å². The van der Waals surface area contributed by atoms with Crippen molar-refractivity contribution < 1.29 is 18.0 Å². The maximum absolute atomic E-state index is 14.0. The summed E-state index contributed by atoms with van der Waals surface area (Å²) in [6.07, 6.45) is 0.382. The SMILES string of the molecule is CC[C@@H](C(=O)NC(C)C)N(Cc1ccccc1)C(=O)CN(c1ccccc1C)S(=O)(=O)c1ccccc1. The fourth-order valence-electron chi connectivity index (χ4n) is 4.16. The van der Waals surface area contributed by atoms with E-state index < -0.39 is 28.5 Å². The van der Waals surface area contributed by atoms with Gasteiger partial charge in [-0.1, -0.05) is 73.7 Å². The van der Waals surface area contributed by atoms with E-state index in [4.69, 9.17) is 0 Å². The lowest BCUT2D eigenvalue weighted by Gasteiger charge is -2.34. The summed E-state index contributed by atoms with van der Waals surface area (Å²) >= 11 is 0. The van der Waals surface area contributed by atoms with Crippen molar-refractivity contribution in [2.75, 3.05) is 10.8 Å². The molecule has 2 amide bonds. The normalized spacial score (nSPS) is 12.1. The number of amides is 2. The van der Waals surface area contributed by atoms with E-state index in [1.807, 2.05) is 57.2 Å². The Labute approximate surface area is 220 Å². The van der Waals surface area contributed by atoms with Crippen molar-refractivity contribution >= 4 is 27.5 Å². The van der Waals surface area contributed by atoms with Gasteiger partial charge >= 0.3 is 0 Å². The van der Waals surface area contributed by atoms with Crippen LogP contribution in [0.5, 0.6) is 0 Å². The maximum Gasteiger partial charge on any atom is 0.264 e. The molecule has 0 aliphatic rings. The number of aryl methyl sites for hydroxylation is 1. The Morgan fingerprint density at radius 2 is 1.43 bits per heavy atom. The Hall–Kier alpha value is -3.65. The fourth-order valence-corrected chi connectivity index (χ4v) is 5.66. The highest BCUT2D eigenvalue weighted by atomic mass is 32.2. The molecule has 0 unspecified atom stereocenters. The van der Waals surface area contributed by atoms with E-state index in [-0.39, 0.29) is 23.4 Å². The van der Waals surface area contributed by atoms with Crippen molar-refractivity contribution in [3.05, 3.63) is 96.1 Å². The molecule has 0 bridgehead atoms. The van der Waals surface area contributed by atoms with Gasteiger partial charge in [0, 0.05) is 12.6 Å². The first kappa shape index (κ1) is 27.9. The molecule has 37 heavy (non-hydrogen) atoms. The van der Waals surface area contributed by atoms with E-state index in [0.29, 0.717) is 17.7 Å². The van der Waals surface area contributed by atoms with Crippen molar-refractivity contribution in [1.82, 2.24) is 10.2 Å². The van der Waals surface area contributed by atoms with Gasteiger partial charge in [-0.05, 0) is 56.5 Å². The van der Waals surface area contributed by atoms with Crippen LogP contribution in [0.4, 0.5) is 5.69 Å². The van der Waals surface area contributed by atoms with Gasteiger partial charge in [-0.2, -0.15) is 0 Å². The van der Waals surface area contributed by atoms with Gasteiger partial charge in [0.1, 0.15) is 12.6 Å². The topological polar surface area (TPSA) is 86.8 Å². The van der Waals surface area contributed by atoms with Crippen LogP contribution in [0.2, 0.25) is 0 Å². The molecule has 3 aromatic carbocycles. The molecule has 0 radical (unpaired) electrons. The van der Waals surface area contributed by atoms with Crippen molar-refractivity contribution in [2.45, 2.75) is 57.6 Å². The summed E-state index contributed by atoms with van der Waals surface area (Å²) in [6.45, 7) is 7.10. The summed E-state index contributed by atoms with van der Waals surface area (Å²) in [6, 6.07) is 23.6. The number of carbonyl (C=O) groups is 2. The average molecular weight is 522 g/mol. The molecule has 8 heteroatoms. The lowest BCUT2D eigenvalue weighted by molar-refractivity contribution is -0.140. The Morgan fingerprint density at radius 3 is 2.00 bits per heavy atom. The van der Waals surface area contributed by atoms with Crippen LogP contribution in [-0.4, -0.2) is 43.8 Å². The molecule has 1 atom stereocenters.